The molecule has 4 heteroatoms. The Morgan fingerprint density at radius 3 is 2.33 bits per heavy atom. The first-order chi connectivity index (χ1) is 8.69. The van der Waals surface area contributed by atoms with Crippen LogP contribution in [0.5, 0.6) is 11.5 Å². The average molecular weight is 246 g/mol. The maximum Gasteiger partial charge on any atom is 0.185 e. The summed E-state index contributed by atoms with van der Waals surface area (Å²) in [6, 6.07) is 7.11. The van der Waals surface area contributed by atoms with Crippen LogP contribution in [0.15, 0.2) is 28.7 Å². The molecule has 0 fully saturated rings. The van der Waals surface area contributed by atoms with Crippen molar-refractivity contribution in [2.45, 2.75) is 6.92 Å². The van der Waals surface area contributed by atoms with Crippen molar-refractivity contribution in [2.24, 2.45) is 0 Å². The van der Waals surface area contributed by atoms with Gasteiger partial charge in [0.15, 0.2) is 23.5 Å². The van der Waals surface area contributed by atoms with Gasteiger partial charge in [0.2, 0.25) is 0 Å². The maximum atomic E-state index is 10.6. The van der Waals surface area contributed by atoms with E-state index in [0.29, 0.717) is 29.3 Å². The van der Waals surface area contributed by atoms with E-state index in [1.807, 2.05) is 19.1 Å². The Morgan fingerprint density at radius 2 is 1.78 bits per heavy atom. The van der Waals surface area contributed by atoms with Crippen molar-refractivity contribution >= 4 is 6.29 Å². The Bertz CT molecular complexity index is 569. The van der Waals surface area contributed by atoms with Gasteiger partial charge in [0, 0.05) is 5.56 Å². The lowest BCUT2D eigenvalue weighted by Gasteiger charge is -2.11. The Hall–Kier alpha value is -2.23. The lowest BCUT2D eigenvalue weighted by Crippen LogP contribution is -1.93. The van der Waals surface area contributed by atoms with Gasteiger partial charge in [-0.05, 0) is 36.8 Å². The van der Waals surface area contributed by atoms with E-state index in [2.05, 4.69) is 0 Å². The van der Waals surface area contributed by atoms with Crippen LogP contribution in [0.25, 0.3) is 11.3 Å². The summed E-state index contributed by atoms with van der Waals surface area (Å²) in [5.74, 6) is 2.23. The molecule has 4 nitrogen and oxygen atoms in total. The van der Waals surface area contributed by atoms with Crippen LogP contribution in [0, 0.1) is 6.92 Å². The fraction of sp³-hybridized carbons (Fsp3) is 0.214. The highest BCUT2D eigenvalue weighted by atomic mass is 16.5. The van der Waals surface area contributed by atoms with Crippen molar-refractivity contribution in [3.63, 3.8) is 0 Å². The molecule has 0 aliphatic rings. The third-order valence-electron chi connectivity index (χ3n) is 2.74. The molecule has 18 heavy (non-hydrogen) atoms. The number of rotatable bonds is 4. The first-order valence-electron chi connectivity index (χ1n) is 5.47. The van der Waals surface area contributed by atoms with Crippen LogP contribution in [-0.4, -0.2) is 20.5 Å². The van der Waals surface area contributed by atoms with Gasteiger partial charge < -0.3 is 13.9 Å². The summed E-state index contributed by atoms with van der Waals surface area (Å²) in [6.07, 6.45) is 0.680. The van der Waals surface area contributed by atoms with Crippen LogP contribution in [0.3, 0.4) is 0 Å². The molecule has 0 spiro atoms. The third-order valence-corrected chi connectivity index (χ3v) is 2.74. The van der Waals surface area contributed by atoms with Gasteiger partial charge in [-0.15, -0.1) is 0 Å². The average Bonchev–Trinajstić information content (AvgIpc) is 2.86. The predicted molar refractivity (Wildman–Crippen MR) is 67.4 cm³/mol. The van der Waals surface area contributed by atoms with E-state index in [1.54, 1.807) is 26.4 Å². The fourth-order valence-corrected chi connectivity index (χ4v) is 1.81. The van der Waals surface area contributed by atoms with Gasteiger partial charge in [-0.3, -0.25) is 4.79 Å². The van der Waals surface area contributed by atoms with Crippen molar-refractivity contribution in [1.82, 2.24) is 0 Å². The van der Waals surface area contributed by atoms with E-state index in [-0.39, 0.29) is 0 Å². The minimum atomic E-state index is 0.305. The summed E-state index contributed by atoms with van der Waals surface area (Å²) in [5.41, 5.74) is 1.86. The molecular weight excluding hydrogens is 232 g/mol. The Labute approximate surface area is 105 Å². The molecule has 0 unspecified atom stereocenters. The first kappa shape index (κ1) is 12.2. The summed E-state index contributed by atoms with van der Waals surface area (Å²) in [5, 5.41) is 0. The number of benzene rings is 1. The molecule has 1 aromatic carbocycles. The number of aryl methyl sites for hydroxylation is 1. The second kappa shape index (κ2) is 4.96. The molecule has 2 rings (SSSR count). The minimum Gasteiger partial charge on any atom is -0.493 e. The van der Waals surface area contributed by atoms with Gasteiger partial charge in [-0.25, -0.2) is 0 Å². The summed E-state index contributed by atoms with van der Waals surface area (Å²) in [7, 11) is 3.17. The van der Waals surface area contributed by atoms with Gasteiger partial charge in [-0.2, -0.15) is 0 Å². The SMILES string of the molecule is COc1cc(C)c(-c2ccc(C=O)o2)cc1OC. The second-order valence-corrected chi connectivity index (χ2v) is 3.84. The normalized spacial score (nSPS) is 10.2. The summed E-state index contributed by atoms with van der Waals surface area (Å²) >= 11 is 0. The molecule has 2 aromatic rings. The van der Waals surface area contributed by atoms with E-state index in [9.17, 15) is 4.79 Å². The minimum absolute atomic E-state index is 0.305. The largest absolute Gasteiger partial charge is 0.493 e. The Balaban J connectivity index is 2.53. The molecule has 0 aliphatic carbocycles. The summed E-state index contributed by atoms with van der Waals surface area (Å²) in [6.45, 7) is 1.94. The van der Waals surface area contributed by atoms with Crippen LogP contribution in [0.4, 0.5) is 0 Å². The lowest BCUT2D eigenvalue weighted by molar-refractivity contribution is 0.110. The molecule has 0 aliphatic heterocycles. The van der Waals surface area contributed by atoms with Crippen LogP contribution >= 0.6 is 0 Å². The first-order valence-corrected chi connectivity index (χ1v) is 5.47. The molecule has 0 N–H and O–H groups in total. The van der Waals surface area contributed by atoms with E-state index >= 15 is 0 Å². The van der Waals surface area contributed by atoms with Crippen molar-refractivity contribution in [2.75, 3.05) is 14.2 Å². The Kier molecular flexibility index (Phi) is 3.37. The van der Waals surface area contributed by atoms with E-state index < -0.39 is 0 Å². The molecule has 0 radical (unpaired) electrons. The molecule has 94 valence electrons. The number of hydrogen-bond donors (Lipinski definition) is 0. The van der Waals surface area contributed by atoms with Gasteiger partial charge >= 0.3 is 0 Å². The molecule has 0 atom stereocenters. The summed E-state index contributed by atoms with van der Waals surface area (Å²) < 4.78 is 15.9. The van der Waals surface area contributed by atoms with Crippen LogP contribution < -0.4 is 9.47 Å². The van der Waals surface area contributed by atoms with Crippen LogP contribution in [0.1, 0.15) is 16.1 Å². The highest BCUT2D eigenvalue weighted by Gasteiger charge is 2.12. The zero-order valence-corrected chi connectivity index (χ0v) is 10.5. The number of methoxy groups -OCH3 is 2. The Morgan fingerprint density at radius 1 is 1.11 bits per heavy atom. The molecular formula is C14H14O4. The number of ether oxygens (including phenoxy) is 2. The molecule has 1 aromatic heterocycles. The van der Waals surface area contributed by atoms with Crippen molar-refractivity contribution < 1.29 is 18.7 Å². The molecule has 0 saturated heterocycles. The maximum absolute atomic E-state index is 10.6. The van der Waals surface area contributed by atoms with Crippen LogP contribution in [0.2, 0.25) is 0 Å². The van der Waals surface area contributed by atoms with E-state index in [4.69, 9.17) is 13.9 Å². The molecule has 1 heterocycles. The van der Waals surface area contributed by atoms with Crippen molar-refractivity contribution in [3.05, 3.63) is 35.6 Å². The van der Waals surface area contributed by atoms with Gasteiger partial charge in [0.05, 0.1) is 14.2 Å². The topological polar surface area (TPSA) is 48.7 Å². The number of furan rings is 1. The molecule has 0 saturated carbocycles. The van der Waals surface area contributed by atoms with Crippen molar-refractivity contribution in [1.29, 1.82) is 0 Å². The smallest absolute Gasteiger partial charge is 0.185 e. The highest BCUT2D eigenvalue weighted by molar-refractivity contribution is 5.74. The van der Waals surface area contributed by atoms with Gasteiger partial charge in [-0.1, -0.05) is 0 Å². The van der Waals surface area contributed by atoms with Gasteiger partial charge in [0.1, 0.15) is 5.76 Å². The predicted octanol–water partition coefficient (Wildman–Crippen LogP) is 3.08. The quantitative estimate of drug-likeness (QED) is 0.778. The van der Waals surface area contributed by atoms with E-state index in [0.717, 1.165) is 11.1 Å². The number of carbonyl (C=O) groups excluding carboxylic acids is 1. The monoisotopic (exact) mass is 246 g/mol. The highest BCUT2D eigenvalue weighted by Crippen LogP contribution is 2.35. The zero-order chi connectivity index (χ0) is 13.1. The number of carbonyl (C=O) groups is 1. The number of hydrogen-bond acceptors (Lipinski definition) is 4. The second-order valence-electron chi connectivity index (χ2n) is 3.84. The molecule has 0 bridgehead atoms. The lowest BCUT2D eigenvalue weighted by atomic mass is 10.1. The third kappa shape index (κ3) is 2.09. The van der Waals surface area contributed by atoms with E-state index in [1.165, 1.54) is 0 Å². The summed E-state index contributed by atoms with van der Waals surface area (Å²) in [4.78, 5) is 10.6. The standard InChI is InChI=1S/C14H14O4/c1-9-6-13(16-2)14(17-3)7-11(9)12-5-4-10(8-15)18-12/h4-8H,1-3H3. The van der Waals surface area contributed by atoms with Crippen molar-refractivity contribution in [3.8, 4) is 22.8 Å². The van der Waals surface area contributed by atoms with Crippen LogP contribution in [-0.2, 0) is 0 Å². The van der Waals surface area contributed by atoms with Gasteiger partial charge in [0.25, 0.3) is 0 Å². The fourth-order valence-electron chi connectivity index (χ4n) is 1.81. The number of aldehydes is 1. The molecule has 0 amide bonds. The zero-order valence-electron chi connectivity index (χ0n) is 10.5.